The fraction of sp³-hybridized carbons (Fsp3) is 0.583. The number of H-pyrrole nitrogens is 1. The number of hydrogen-bond acceptors (Lipinski definition) is 12. The highest BCUT2D eigenvalue weighted by Crippen LogP contribution is 2.07. The Kier molecular flexibility index (Phi) is 14.5. The van der Waals surface area contributed by atoms with Crippen LogP contribution in [0.15, 0.2) is 12.5 Å². The van der Waals surface area contributed by atoms with E-state index in [1.807, 2.05) is 5.32 Å². The van der Waals surface area contributed by atoms with E-state index in [-0.39, 0.29) is 12.2 Å². The molecule has 1 saturated heterocycles. The van der Waals surface area contributed by atoms with Crippen LogP contribution in [0, 0.1) is 0 Å². The van der Waals surface area contributed by atoms with E-state index in [9.17, 15) is 38.7 Å². The molecule has 20 heteroatoms. The van der Waals surface area contributed by atoms with Gasteiger partial charge in [0.2, 0.25) is 35.4 Å². The summed E-state index contributed by atoms with van der Waals surface area (Å²) in [6.45, 7) is -1.24. The number of carbonyl (C=O) groups is 7. The first-order chi connectivity index (χ1) is 20.9. The number of carboxylic acids is 1. The second kappa shape index (κ2) is 17.8. The first kappa shape index (κ1) is 35.9. The van der Waals surface area contributed by atoms with Gasteiger partial charge in [-0.15, -0.1) is 0 Å². The molecule has 1 aliphatic heterocycles. The van der Waals surface area contributed by atoms with Crippen LogP contribution in [0.5, 0.6) is 0 Å². The van der Waals surface area contributed by atoms with E-state index < -0.39 is 97.3 Å². The summed E-state index contributed by atoms with van der Waals surface area (Å²) in [6, 6.07) is -8.14. The quantitative estimate of drug-likeness (QED) is 0.0666. The van der Waals surface area contributed by atoms with Gasteiger partial charge < -0.3 is 57.9 Å². The van der Waals surface area contributed by atoms with Crippen molar-refractivity contribution in [1.82, 2.24) is 41.9 Å². The van der Waals surface area contributed by atoms with Crippen molar-refractivity contribution in [2.45, 2.75) is 61.9 Å². The van der Waals surface area contributed by atoms with Crippen molar-refractivity contribution in [2.75, 3.05) is 25.5 Å². The molecule has 0 bridgehead atoms. The summed E-state index contributed by atoms with van der Waals surface area (Å²) in [6.07, 6.45) is 3.41. The van der Waals surface area contributed by atoms with Gasteiger partial charge >= 0.3 is 5.97 Å². The monoisotopic (exact) mass is 643 g/mol. The van der Waals surface area contributed by atoms with Crippen LogP contribution in [0.2, 0.25) is 0 Å². The molecule has 12 N–H and O–H groups in total. The Morgan fingerprint density at radius 2 is 1.45 bits per heavy atom. The molecule has 6 atom stereocenters. The third-order valence-electron chi connectivity index (χ3n) is 6.46. The maximum Gasteiger partial charge on any atom is 0.328 e. The fourth-order valence-electron chi connectivity index (χ4n) is 4.08. The first-order valence-electron chi connectivity index (χ1n) is 13.5. The van der Waals surface area contributed by atoms with Crippen LogP contribution in [-0.2, 0) is 40.0 Å². The van der Waals surface area contributed by atoms with Gasteiger partial charge in [-0.25, -0.2) is 9.78 Å². The average molecular weight is 644 g/mol. The number of primary amides is 1. The van der Waals surface area contributed by atoms with E-state index in [4.69, 9.17) is 15.9 Å². The minimum atomic E-state index is -1.74. The molecule has 2 rings (SSSR count). The van der Waals surface area contributed by atoms with Gasteiger partial charge in [0.1, 0.15) is 30.2 Å². The smallest absolute Gasteiger partial charge is 0.328 e. The fourth-order valence-corrected chi connectivity index (χ4v) is 4.34. The molecule has 1 fully saturated rings. The summed E-state index contributed by atoms with van der Waals surface area (Å²) in [7, 11) is 0. The van der Waals surface area contributed by atoms with E-state index in [0.29, 0.717) is 18.7 Å². The predicted molar refractivity (Wildman–Crippen MR) is 152 cm³/mol. The Morgan fingerprint density at radius 3 is 1.98 bits per heavy atom. The topological polar surface area (TPSA) is 307 Å². The molecular formula is C24H37N9O10S. The normalized spacial score (nSPS) is 17.7. The summed E-state index contributed by atoms with van der Waals surface area (Å²) >= 11 is 4.01. The van der Waals surface area contributed by atoms with E-state index in [0.717, 1.165) is 6.42 Å². The van der Waals surface area contributed by atoms with Gasteiger partial charge in [-0.1, -0.05) is 0 Å². The molecule has 19 nitrogen and oxygen atoms in total. The van der Waals surface area contributed by atoms with E-state index in [1.54, 1.807) is 0 Å². The van der Waals surface area contributed by atoms with Crippen LogP contribution in [0.1, 0.15) is 25.0 Å². The first-order valence-corrected chi connectivity index (χ1v) is 14.1. The molecule has 44 heavy (non-hydrogen) atoms. The Balaban J connectivity index is 2.09. The van der Waals surface area contributed by atoms with Gasteiger partial charge in [0, 0.05) is 24.1 Å². The summed E-state index contributed by atoms with van der Waals surface area (Å²) in [4.78, 5) is 93.5. The van der Waals surface area contributed by atoms with Gasteiger partial charge in [0.15, 0.2) is 0 Å². The van der Waals surface area contributed by atoms with Gasteiger partial charge in [-0.05, 0) is 19.4 Å². The number of amides is 6. The lowest BCUT2D eigenvalue weighted by Crippen LogP contribution is -2.61. The highest BCUT2D eigenvalue weighted by Gasteiger charge is 2.33. The molecule has 1 aliphatic rings. The molecule has 0 aliphatic carbocycles. The molecule has 0 spiro atoms. The number of carbonyl (C=O) groups excluding carboxylic acids is 6. The molecule has 0 aromatic carbocycles. The predicted octanol–water partition coefficient (Wildman–Crippen LogP) is -6.00. The summed E-state index contributed by atoms with van der Waals surface area (Å²) < 4.78 is 0. The maximum atomic E-state index is 13.2. The molecule has 244 valence electrons. The number of aromatic nitrogens is 2. The van der Waals surface area contributed by atoms with Crippen molar-refractivity contribution in [3.05, 3.63) is 18.2 Å². The van der Waals surface area contributed by atoms with Crippen molar-refractivity contribution in [1.29, 1.82) is 0 Å². The number of nitrogens with zero attached hydrogens (tertiary/aromatic N) is 1. The summed E-state index contributed by atoms with van der Waals surface area (Å²) in [5.74, 6) is -7.43. The third kappa shape index (κ3) is 11.1. The second-order valence-electron chi connectivity index (χ2n) is 9.79. The Hall–Kier alpha value is -4.27. The van der Waals surface area contributed by atoms with Crippen molar-refractivity contribution >= 4 is 54.0 Å². The maximum absolute atomic E-state index is 13.2. The van der Waals surface area contributed by atoms with Crippen LogP contribution in [0.3, 0.4) is 0 Å². The molecule has 0 unspecified atom stereocenters. The zero-order valence-electron chi connectivity index (χ0n) is 23.4. The number of nitrogens with two attached hydrogens (primary N) is 1. The number of aliphatic hydroxyl groups excluding tert-OH is 2. The Labute approximate surface area is 256 Å². The van der Waals surface area contributed by atoms with Crippen LogP contribution in [0.25, 0.3) is 0 Å². The third-order valence-corrected chi connectivity index (χ3v) is 6.82. The number of nitrogens with one attached hydrogen (secondary N) is 7. The number of rotatable bonds is 18. The highest BCUT2D eigenvalue weighted by atomic mass is 32.1. The van der Waals surface area contributed by atoms with Gasteiger partial charge in [-0.3, -0.25) is 28.8 Å². The van der Waals surface area contributed by atoms with Crippen LogP contribution in [0.4, 0.5) is 0 Å². The Bertz CT molecular complexity index is 1180. The standard InChI is InChI=1S/C24H37N9O10S/c25-18(36)5-14(21(39)32-16(8-35)24(42)43)30-23(41)17(9-44)33-22(40)15(7-34)31-20(38)13(4-11-6-26-10-28-11)29-19(37)12-2-1-3-27-12/h6,10,12-17,27,34-35,44H,1-5,7-9H2,(H2,25,36)(H,26,28)(H,29,37)(H,30,41)(H,31,38)(H,32,39)(H,33,40)(H,42,43)/t12-,13-,14-,15-,16-,17-/m0/s1. The number of aliphatic carboxylic acids is 1. The van der Waals surface area contributed by atoms with Crippen molar-refractivity contribution in [3.63, 3.8) is 0 Å². The van der Waals surface area contributed by atoms with Crippen molar-refractivity contribution in [2.24, 2.45) is 5.73 Å². The minimum Gasteiger partial charge on any atom is -0.480 e. The number of carboxylic acid groups (broad SMARTS) is 1. The number of aromatic amines is 1. The molecule has 1 aromatic rings. The van der Waals surface area contributed by atoms with E-state index in [2.05, 4.69) is 49.2 Å². The lowest BCUT2D eigenvalue weighted by atomic mass is 10.1. The zero-order valence-corrected chi connectivity index (χ0v) is 24.3. The van der Waals surface area contributed by atoms with Gasteiger partial charge in [0.05, 0.1) is 32.0 Å². The lowest BCUT2D eigenvalue weighted by Gasteiger charge is -2.25. The summed E-state index contributed by atoms with van der Waals surface area (Å²) in [5.41, 5.74) is 5.64. The molecule has 2 heterocycles. The van der Waals surface area contributed by atoms with Crippen molar-refractivity contribution in [3.8, 4) is 0 Å². The molecular weight excluding hydrogens is 606 g/mol. The minimum absolute atomic E-state index is 0.0198. The van der Waals surface area contributed by atoms with Gasteiger partial charge in [-0.2, -0.15) is 12.6 Å². The molecule has 6 amide bonds. The number of imidazole rings is 1. The lowest BCUT2D eigenvalue weighted by molar-refractivity contribution is -0.143. The number of aliphatic hydroxyl groups is 2. The highest BCUT2D eigenvalue weighted by molar-refractivity contribution is 7.80. The van der Waals surface area contributed by atoms with Crippen LogP contribution in [-0.4, -0.2) is 128 Å². The van der Waals surface area contributed by atoms with Crippen LogP contribution >= 0.6 is 12.6 Å². The molecule has 1 aromatic heterocycles. The SMILES string of the molecule is NC(=O)C[C@H](NC(=O)[C@H](CS)NC(=O)[C@H](CO)NC(=O)[C@H](Cc1cnc[nH]1)NC(=O)[C@@H]1CCCN1)C(=O)N[C@@H](CO)C(=O)O. The summed E-state index contributed by atoms with van der Waals surface area (Å²) in [5, 5.41) is 42.4. The van der Waals surface area contributed by atoms with Gasteiger partial charge in [0.25, 0.3) is 0 Å². The van der Waals surface area contributed by atoms with E-state index >= 15 is 0 Å². The molecule has 0 saturated carbocycles. The number of thiol groups is 1. The van der Waals surface area contributed by atoms with Crippen LogP contribution < -0.4 is 37.6 Å². The number of hydrogen-bond donors (Lipinski definition) is 12. The van der Waals surface area contributed by atoms with E-state index in [1.165, 1.54) is 12.5 Å². The zero-order chi connectivity index (χ0) is 32.8. The Morgan fingerprint density at radius 1 is 0.886 bits per heavy atom. The molecule has 0 radical (unpaired) electrons. The van der Waals surface area contributed by atoms with Crippen molar-refractivity contribution < 1.29 is 48.9 Å². The second-order valence-corrected chi connectivity index (χ2v) is 10.2. The average Bonchev–Trinajstić information content (AvgIpc) is 3.71. The largest absolute Gasteiger partial charge is 0.480 e.